The summed E-state index contributed by atoms with van der Waals surface area (Å²) in [5, 5.41) is 9.37. The van der Waals surface area contributed by atoms with Gasteiger partial charge in [0.2, 0.25) is 0 Å². The van der Waals surface area contributed by atoms with Gasteiger partial charge in [-0.2, -0.15) is 0 Å². The number of hydrogen-bond donors (Lipinski definition) is 1. The van der Waals surface area contributed by atoms with Crippen molar-refractivity contribution >= 4 is 5.69 Å². The number of unbranched alkanes of at least 4 members (excludes halogenated alkanes) is 2. The molecule has 0 radical (unpaired) electrons. The summed E-state index contributed by atoms with van der Waals surface area (Å²) in [6, 6.07) is 4.93. The molecule has 0 fully saturated rings. The van der Waals surface area contributed by atoms with Crippen molar-refractivity contribution in [2.24, 2.45) is 0 Å². The van der Waals surface area contributed by atoms with Crippen molar-refractivity contribution in [1.29, 1.82) is 0 Å². The fourth-order valence-corrected chi connectivity index (χ4v) is 1.81. The van der Waals surface area contributed by atoms with Crippen molar-refractivity contribution in [2.75, 3.05) is 18.5 Å². The highest BCUT2D eigenvalue weighted by Crippen LogP contribution is 2.22. The molecular formula is C14H22FNO. The fraction of sp³-hybridized carbons (Fsp3) is 0.571. The van der Waals surface area contributed by atoms with Crippen LogP contribution >= 0.6 is 0 Å². The lowest BCUT2D eigenvalue weighted by Gasteiger charge is -2.20. The standard InChI is InChI=1S/C14H22FNO/c1-4-5-6-9-16(3)14-8-7-12(11(2)17)10-13(14)15/h7-8,10-11,17H,4-6,9H2,1-3H3. The number of hydrogen-bond acceptors (Lipinski definition) is 2. The number of halogens is 1. The van der Waals surface area contributed by atoms with Crippen molar-refractivity contribution in [1.82, 2.24) is 0 Å². The normalized spacial score (nSPS) is 12.5. The predicted octanol–water partition coefficient (Wildman–Crippen LogP) is 3.51. The van der Waals surface area contributed by atoms with E-state index in [0.717, 1.165) is 25.8 Å². The number of rotatable bonds is 6. The summed E-state index contributed by atoms with van der Waals surface area (Å²) in [6.45, 7) is 4.65. The Labute approximate surface area is 103 Å². The molecule has 0 saturated carbocycles. The van der Waals surface area contributed by atoms with Gasteiger partial charge in [0.15, 0.2) is 0 Å². The lowest BCUT2D eigenvalue weighted by molar-refractivity contribution is 0.199. The molecule has 1 rings (SSSR count). The number of benzene rings is 1. The van der Waals surface area contributed by atoms with Gasteiger partial charge in [-0.05, 0) is 31.0 Å². The highest BCUT2D eigenvalue weighted by Gasteiger charge is 2.10. The van der Waals surface area contributed by atoms with E-state index < -0.39 is 6.10 Å². The Bertz CT molecular complexity index is 352. The van der Waals surface area contributed by atoms with Crippen LogP contribution in [-0.2, 0) is 0 Å². The van der Waals surface area contributed by atoms with Crippen LogP contribution in [0, 0.1) is 5.82 Å². The highest BCUT2D eigenvalue weighted by molar-refractivity contribution is 5.48. The molecule has 0 aliphatic heterocycles. The lowest BCUT2D eigenvalue weighted by Crippen LogP contribution is -2.19. The molecular weight excluding hydrogens is 217 g/mol. The van der Waals surface area contributed by atoms with Gasteiger partial charge in [-0.1, -0.05) is 25.8 Å². The summed E-state index contributed by atoms with van der Waals surface area (Å²) in [7, 11) is 1.90. The molecule has 1 atom stereocenters. The van der Waals surface area contributed by atoms with Gasteiger partial charge in [0, 0.05) is 13.6 Å². The van der Waals surface area contributed by atoms with E-state index in [9.17, 15) is 9.50 Å². The topological polar surface area (TPSA) is 23.5 Å². The largest absolute Gasteiger partial charge is 0.389 e. The zero-order chi connectivity index (χ0) is 12.8. The molecule has 0 bridgehead atoms. The molecule has 0 amide bonds. The summed E-state index contributed by atoms with van der Waals surface area (Å²) >= 11 is 0. The van der Waals surface area contributed by atoms with Crippen LogP contribution in [0.5, 0.6) is 0 Å². The van der Waals surface area contributed by atoms with Gasteiger partial charge in [0.05, 0.1) is 11.8 Å². The molecule has 1 unspecified atom stereocenters. The van der Waals surface area contributed by atoms with Crippen LogP contribution in [0.1, 0.15) is 44.8 Å². The summed E-state index contributed by atoms with van der Waals surface area (Å²) in [4.78, 5) is 1.93. The van der Waals surface area contributed by atoms with Crippen molar-refractivity contribution in [3.63, 3.8) is 0 Å². The molecule has 0 heterocycles. The molecule has 96 valence electrons. The average Bonchev–Trinajstić information content (AvgIpc) is 2.28. The van der Waals surface area contributed by atoms with Gasteiger partial charge in [0.25, 0.3) is 0 Å². The molecule has 3 heteroatoms. The second-order valence-electron chi connectivity index (χ2n) is 4.52. The molecule has 1 aromatic rings. The monoisotopic (exact) mass is 239 g/mol. The Morgan fingerprint density at radius 3 is 2.59 bits per heavy atom. The van der Waals surface area contributed by atoms with E-state index in [1.54, 1.807) is 19.1 Å². The SMILES string of the molecule is CCCCCN(C)c1ccc(C(C)O)cc1F. The van der Waals surface area contributed by atoms with E-state index in [2.05, 4.69) is 6.92 Å². The first-order valence-electron chi connectivity index (χ1n) is 6.25. The van der Waals surface area contributed by atoms with Gasteiger partial charge in [-0.25, -0.2) is 4.39 Å². The zero-order valence-corrected chi connectivity index (χ0v) is 10.9. The highest BCUT2D eigenvalue weighted by atomic mass is 19.1. The molecule has 1 N–H and O–H groups in total. The maximum atomic E-state index is 13.8. The molecule has 0 aromatic heterocycles. The number of aliphatic hydroxyl groups is 1. The molecule has 0 spiro atoms. The van der Waals surface area contributed by atoms with E-state index in [0.29, 0.717) is 11.3 Å². The van der Waals surface area contributed by atoms with Crippen LogP contribution in [0.3, 0.4) is 0 Å². The third kappa shape index (κ3) is 4.00. The lowest BCUT2D eigenvalue weighted by atomic mass is 10.1. The second-order valence-corrected chi connectivity index (χ2v) is 4.52. The minimum atomic E-state index is -0.621. The van der Waals surface area contributed by atoms with Crippen molar-refractivity contribution in [3.8, 4) is 0 Å². The molecule has 1 aromatic carbocycles. The fourth-order valence-electron chi connectivity index (χ4n) is 1.81. The first kappa shape index (κ1) is 14.0. The van der Waals surface area contributed by atoms with Crippen LogP contribution in [0.4, 0.5) is 10.1 Å². The van der Waals surface area contributed by atoms with E-state index in [1.807, 2.05) is 11.9 Å². The van der Waals surface area contributed by atoms with Gasteiger partial charge in [-0.3, -0.25) is 0 Å². The third-order valence-corrected chi connectivity index (χ3v) is 2.96. The smallest absolute Gasteiger partial charge is 0.146 e. The van der Waals surface area contributed by atoms with E-state index in [-0.39, 0.29) is 5.82 Å². The average molecular weight is 239 g/mol. The Hall–Kier alpha value is -1.09. The Kier molecular flexibility index (Phi) is 5.42. The predicted molar refractivity (Wildman–Crippen MR) is 69.8 cm³/mol. The van der Waals surface area contributed by atoms with E-state index >= 15 is 0 Å². The summed E-state index contributed by atoms with van der Waals surface area (Å²) in [5.74, 6) is -0.262. The van der Waals surface area contributed by atoms with Gasteiger partial charge >= 0.3 is 0 Å². The van der Waals surface area contributed by atoms with Gasteiger partial charge in [-0.15, -0.1) is 0 Å². The first-order chi connectivity index (χ1) is 8.06. The Balaban J connectivity index is 2.70. The Morgan fingerprint density at radius 2 is 2.06 bits per heavy atom. The second kappa shape index (κ2) is 6.60. The number of aliphatic hydroxyl groups excluding tert-OH is 1. The summed E-state index contributed by atoms with van der Waals surface area (Å²) < 4.78 is 13.8. The van der Waals surface area contributed by atoms with Crippen LogP contribution in [0.25, 0.3) is 0 Å². The molecule has 17 heavy (non-hydrogen) atoms. The minimum Gasteiger partial charge on any atom is -0.389 e. The Morgan fingerprint density at radius 1 is 1.35 bits per heavy atom. The van der Waals surface area contributed by atoms with Gasteiger partial charge < -0.3 is 10.0 Å². The van der Waals surface area contributed by atoms with Crippen LogP contribution in [0.15, 0.2) is 18.2 Å². The quantitative estimate of drug-likeness (QED) is 0.768. The third-order valence-electron chi connectivity index (χ3n) is 2.96. The first-order valence-corrected chi connectivity index (χ1v) is 6.25. The van der Waals surface area contributed by atoms with Crippen LogP contribution in [0.2, 0.25) is 0 Å². The molecule has 2 nitrogen and oxygen atoms in total. The van der Waals surface area contributed by atoms with Crippen molar-refractivity contribution in [2.45, 2.75) is 39.2 Å². The zero-order valence-electron chi connectivity index (χ0n) is 10.9. The molecule has 0 aliphatic carbocycles. The number of anilines is 1. The summed E-state index contributed by atoms with van der Waals surface area (Å²) in [6.07, 6.45) is 2.78. The van der Waals surface area contributed by atoms with Crippen molar-refractivity contribution < 1.29 is 9.50 Å². The minimum absolute atomic E-state index is 0.262. The molecule has 0 saturated heterocycles. The van der Waals surface area contributed by atoms with E-state index in [4.69, 9.17) is 0 Å². The maximum Gasteiger partial charge on any atom is 0.146 e. The maximum absolute atomic E-state index is 13.8. The molecule has 0 aliphatic rings. The summed E-state index contributed by atoms with van der Waals surface area (Å²) in [5.41, 5.74) is 1.22. The van der Waals surface area contributed by atoms with Gasteiger partial charge in [0.1, 0.15) is 5.82 Å². The van der Waals surface area contributed by atoms with Crippen LogP contribution in [-0.4, -0.2) is 18.7 Å². The van der Waals surface area contributed by atoms with E-state index in [1.165, 1.54) is 6.07 Å². The van der Waals surface area contributed by atoms with Crippen molar-refractivity contribution in [3.05, 3.63) is 29.6 Å². The van der Waals surface area contributed by atoms with Crippen LogP contribution < -0.4 is 4.90 Å². The number of nitrogens with zero attached hydrogens (tertiary/aromatic N) is 1.